The highest BCUT2D eigenvalue weighted by Crippen LogP contribution is 2.31. The van der Waals surface area contributed by atoms with Crippen LogP contribution < -0.4 is 5.32 Å². The quantitative estimate of drug-likeness (QED) is 0.516. The van der Waals surface area contributed by atoms with Crippen molar-refractivity contribution in [2.45, 2.75) is 0 Å². The summed E-state index contributed by atoms with van der Waals surface area (Å²) in [7, 11) is 0. The zero-order valence-electron chi connectivity index (χ0n) is 9.55. The predicted octanol–water partition coefficient (Wildman–Crippen LogP) is 3.94. The van der Waals surface area contributed by atoms with Crippen LogP contribution in [0.2, 0.25) is 0 Å². The minimum Gasteiger partial charge on any atom is -0.345 e. The minimum absolute atomic E-state index is 0.156. The first-order valence-corrected chi connectivity index (χ1v) is 5.04. The molecule has 0 fully saturated rings. The third-order valence-corrected chi connectivity index (χ3v) is 2.36. The Hall–Kier alpha value is -2.39. The SMILES string of the molecule is Fc1cc(F)c(F)c(Nc2c(F)c(F)nc(F)c2F)c1F. The molecular weight excluding hydrogens is 312 g/mol. The lowest BCUT2D eigenvalue weighted by atomic mass is 10.2. The zero-order valence-corrected chi connectivity index (χ0v) is 9.55. The van der Waals surface area contributed by atoms with Gasteiger partial charge in [-0.2, -0.15) is 22.5 Å². The fourth-order valence-corrected chi connectivity index (χ4v) is 1.40. The van der Waals surface area contributed by atoms with E-state index in [1.165, 1.54) is 5.32 Å². The number of rotatable bonds is 2. The smallest absolute Gasteiger partial charge is 0.253 e. The Labute approximate surface area is 111 Å². The molecule has 1 heterocycles. The average molecular weight is 314 g/mol. The summed E-state index contributed by atoms with van der Waals surface area (Å²) in [5, 5.41) is 1.24. The Kier molecular flexibility index (Phi) is 3.71. The highest BCUT2D eigenvalue weighted by Gasteiger charge is 2.25. The lowest BCUT2D eigenvalue weighted by Gasteiger charge is -2.11. The molecule has 0 saturated heterocycles. The Bertz CT molecular complexity index is 617. The molecule has 2 aromatic rings. The van der Waals surface area contributed by atoms with Crippen molar-refractivity contribution in [1.29, 1.82) is 0 Å². The van der Waals surface area contributed by atoms with Gasteiger partial charge in [0.15, 0.2) is 23.3 Å². The molecular formula is C11H2F8N2. The molecule has 2 nitrogen and oxygen atoms in total. The monoisotopic (exact) mass is 314 g/mol. The number of anilines is 2. The van der Waals surface area contributed by atoms with Crippen LogP contribution >= 0.6 is 0 Å². The van der Waals surface area contributed by atoms with E-state index in [9.17, 15) is 35.1 Å². The molecule has 10 heteroatoms. The van der Waals surface area contributed by atoms with E-state index in [0.717, 1.165) is 0 Å². The van der Waals surface area contributed by atoms with Gasteiger partial charge < -0.3 is 5.32 Å². The molecule has 1 aromatic heterocycles. The van der Waals surface area contributed by atoms with E-state index < -0.39 is 58.2 Å². The van der Waals surface area contributed by atoms with Crippen molar-refractivity contribution < 1.29 is 35.1 Å². The van der Waals surface area contributed by atoms with Crippen molar-refractivity contribution in [3.8, 4) is 0 Å². The van der Waals surface area contributed by atoms with Gasteiger partial charge in [-0.25, -0.2) is 17.6 Å². The number of pyridine rings is 1. The van der Waals surface area contributed by atoms with Gasteiger partial charge in [0.1, 0.15) is 11.4 Å². The van der Waals surface area contributed by atoms with E-state index in [-0.39, 0.29) is 6.07 Å². The first kappa shape index (κ1) is 15.0. The van der Waals surface area contributed by atoms with Gasteiger partial charge in [0, 0.05) is 6.07 Å². The van der Waals surface area contributed by atoms with E-state index in [1.54, 1.807) is 0 Å². The van der Waals surface area contributed by atoms with E-state index in [4.69, 9.17) is 0 Å². The van der Waals surface area contributed by atoms with Gasteiger partial charge in [0.25, 0.3) is 11.9 Å². The molecule has 112 valence electrons. The summed E-state index contributed by atoms with van der Waals surface area (Å²) in [4.78, 5) is 2.20. The van der Waals surface area contributed by atoms with Gasteiger partial charge in [-0.05, 0) is 0 Å². The van der Waals surface area contributed by atoms with Crippen LogP contribution in [0.4, 0.5) is 46.5 Å². The van der Waals surface area contributed by atoms with E-state index in [2.05, 4.69) is 4.98 Å². The van der Waals surface area contributed by atoms with Crippen molar-refractivity contribution in [3.63, 3.8) is 0 Å². The lowest BCUT2D eigenvalue weighted by Crippen LogP contribution is -2.09. The molecule has 1 aromatic carbocycles. The lowest BCUT2D eigenvalue weighted by molar-refractivity contribution is 0.410. The predicted molar refractivity (Wildman–Crippen MR) is 53.6 cm³/mol. The van der Waals surface area contributed by atoms with Crippen LogP contribution in [0.1, 0.15) is 0 Å². The number of hydrogen-bond acceptors (Lipinski definition) is 2. The van der Waals surface area contributed by atoms with Crippen molar-refractivity contribution in [3.05, 3.63) is 52.9 Å². The van der Waals surface area contributed by atoms with E-state index >= 15 is 0 Å². The van der Waals surface area contributed by atoms with Crippen LogP contribution in [0, 0.1) is 46.8 Å². The summed E-state index contributed by atoms with van der Waals surface area (Å²) >= 11 is 0. The van der Waals surface area contributed by atoms with Gasteiger partial charge in [-0.1, -0.05) is 0 Å². The van der Waals surface area contributed by atoms with Gasteiger partial charge in [-0.15, -0.1) is 0 Å². The zero-order chi connectivity index (χ0) is 15.9. The molecule has 0 aliphatic heterocycles. The Morgan fingerprint density at radius 1 is 0.619 bits per heavy atom. The second-order valence-corrected chi connectivity index (χ2v) is 3.66. The third-order valence-electron chi connectivity index (χ3n) is 2.36. The molecule has 0 amide bonds. The maximum atomic E-state index is 13.3. The number of aromatic nitrogens is 1. The maximum absolute atomic E-state index is 13.3. The molecule has 0 bridgehead atoms. The molecule has 0 atom stereocenters. The fraction of sp³-hybridized carbons (Fsp3) is 0. The van der Waals surface area contributed by atoms with E-state index in [1.807, 2.05) is 0 Å². The van der Waals surface area contributed by atoms with Crippen molar-refractivity contribution >= 4 is 11.4 Å². The van der Waals surface area contributed by atoms with Crippen molar-refractivity contribution in [2.75, 3.05) is 5.32 Å². The van der Waals surface area contributed by atoms with Gasteiger partial charge in [0.2, 0.25) is 11.6 Å². The molecule has 1 N–H and O–H groups in total. The summed E-state index contributed by atoms with van der Waals surface area (Å²) in [6.45, 7) is 0. The molecule has 0 aliphatic rings. The number of hydrogen-bond donors (Lipinski definition) is 1. The molecule has 0 spiro atoms. The number of nitrogens with one attached hydrogen (secondary N) is 1. The largest absolute Gasteiger partial charge is 0.345 e. The molecule has 0 unspecified atom stereocenters. The van der Waals surface area contributed by atoms with Gasteiger partial charge >= 0.3 is 0 Å². The highest BCUT2D eigenvalue weighted by atomic mass is 19.2. The normalized spacial score (nSPS) is 10.9. The third kappa shape index (κ3) is 2.48. The Morgan fingerprint density at radius 3 is 1.43 bits per heavy atom. The number of halogens is 8. The summed E-state index contributed by atoms with van der Waals surface area (Å²) in [5.74, 6) is -16.3. The van der Waals surface area contributed by atoms with Crippen LogP contribution in [0.25, 0.3) is 0 Å². The topological polar surface area (TPSA) is 24.9 Å². The Morgan fingerprint density at radius 2 is 1.00 bits per heavy atom. The first-order chi connectivity index (χ1) is 9.73. The number of nitrogens with zero attached hydrogens (tertiary/aromatic N) is 1. The second-order valence-electron chi connectivity index (χ2n) is 3.66. The molecule has 0 radical (unpaired) electrons. The summed E-state index contributed by atoms with van der Waals surface area (Å²) < 4.78 is 105. The summed E-state index contributed by atoms with van der Waals surface area (Å²) in [5.41, 5.74) is -3.35. The summed E-state index contributed by atoms with van der Waals surface area (Å²) in [6, 6.07) is -0.156. The van der Waals surface area contributed by atoms with Crippen LogP contribution in [0.15, 0.2) is 6.07 Å². The fourth-order valence-electron chi connectivity index (χ4n) is 1.40. The van der Waals surface area contributed by atoms with Crippen molar-refractivity contribution in [1.82, 2.24) is 4.98 Å². The molecule has 0 aliphatic carbocycles. The molecule has 21 heavy (non-hydrogen) atoms. The second kappa shape index (κ2) is 5.19. The highest BCUT2D eigenvalue weighted by molar-refractivity contribution is 5.62. The van der Waals surface area contributed by atoms with Crippen LogP contribution in [0.5, 0.6) is 0 Å². The Balaban J connectivity index is 2.64. The average Bonchev–Trinajstić information content (AvgIpc) is 2.42. The standard InChI is InChI=1S/C11H2F8N2/c12-2-1-3(13)5(15)8(4(2)14)20-9-6(16)10(18)21-11(19)7(9)17/h1H,(H,20,21). The van der Waals surface area contributed by atoms with E-state index in [0.29, 0.717) is 0 Å². The van der Waals surface area contributed by atoms with Crippen LogP contribution in [-0.2, 0) is 0 Å². The van der Waals surface area contributed by atoms with Crippen molar-refractivity contribution in [2.24, 2.45) is 0 Å². The maximum Gasteiger partial charge on any atom is 0.253 e. The number of benzene rings is 1. The van der Waals surface area contributed by atoms with Crippen LogP contribution in [-0.4, -0.2) is 4.98 Å². The summed E-state index contributed by atoms with van der Waals surface area (Å²) in [6.07, 6.45) is 0. The van der Waals surface area contributed by atoms with Gasteiger partial charge in [-0.3, -0.25) is 0 Å². The van der Waals surface area contributed by atoms with Gasteiger partial charge in [0.05, 0.1) is 0 Å². The minimum atomic E-state index is -2.13. The first-order valence-electron chi connectivity index (χ1n) is 5.04. The van der Waals surface area contributed by atoms with Crippen LogP contribution in [0.3, 0.4) is 0 Å². The molecule has 0 saturated carbocycles. The molecule has 2 rings (SSSR count).